The van der Waals surface area contributed by atoms with Gasteiger partial charge in [-0.3, -0.25) is 5.32 Å². The third-order valence-electron chi connectivity index (χ3n) is 8.60. The lowest BCUT2D eigenvalue weighted by atomic mass is 9.80. The van der Waals surface area contributed by atoms with Gasteiger partial charge < -0.3 is 35.5 Å². The van der Waals surface area contributed by atoms with Crippen LogP contribution in [-0.4, -0.2) is 69.5 Å². The van der Waals surface area contributed by atoms with Crippen LogP contribution in [0.4, 0.5) is 4.79 Å². The smallest absolute Gasteiger partial charge is 0.409 e. The summed E-state index contributed by atoms with van der Waals surface area (Å²) in [4.78, 5) is 10.7. The zero-order valence-corrected chi connectivity index (χ0v) is 26.0. The van der Waals surface area contributed by atoms with E-state index in [-0.39, 0.29) is 42.1 Å². The van der Waals surface area contributed by atoms with Gasteiger partial charge in [0, 0.05) is 6.42 Å². The lowest BCUT2D eigenvalue weighted by Crippen LogP contribution is -2.74. The molecular formula is C31H45N3O8S. The van der Waals surface area contributed by atoms with E-state index in [9.17, 15) is 18.3 Å². The minimum Gasteiger partial charge on any atom is -0.497 e. The molecule has 12 heteroatoms. The Morgan fingerprint density at radius 1 is 1.07 bits per heavy atom. The summed E-state index contributed by atoms with van der Waals surface area (Å²) in [5, 5.41) is 15.2. The SMILES string of the molecule is COc1ccc(S(=O)(=O)[C@](O)(CCC(C)(C)CCCN)[C@](N)(Cc2ccccc2)NC(=O)O[C@H]2CO[C@H]3OCC[C@H]32)cc1. The van der Waals surface area contributed by atoms with Gasteiger partial charge in [-0.2, -0.15) is 0 Å². The first-order valence-electron chi connectivity index (χ1n) is 14.7. The number of nitrogens with one attached hydrogen (secondary N) is 1. The number of carbonyl (C=O) groups is 1. The lowest BCUT2D eigenvalue weighted by Gasteiger charge is -2.45. The van der Waals surface area contributed by atoms with Crippen LogP contribution in [0.15, 0.2) is 59.5 Å². The number of nitrogens with two attached hydrogens (primary N) is 2. The topological polar surface area (TPSA) is 172 Å². The van der Waals surface area contributed by atoms with Gasteiger partial charge >= 0.3 is 6.09 Å². The molecule has 0 aromatic heterocycles. The summed E-state index contributed by atoms with van der Waals surface area (Å²) in [5.41, 5.74) is 10.7. The Morgan fingerprint density at radius 3 is 2.42 bits per heavy atom. The molecule has 0 bridgehead atoms. The molecular weight excluding hydrogens is 574 g/mol. The first-order valence-corrected chi connectivity index (χ1v) is 16.2. The zero-order chi connectivity index (χ0) is 31.3. The Labute approximate surface area is 254 Å². The van der Waals surface area contributed by atoms with Gasteiger partial charge in [0.2, 0.25) is 14.8 Å². The van der Waals surface area contributed by atoms with Crippen LogP contribution in [-0.2, 0) is 30.5 Å². The Kier molecular flexibility index (Phi) is 10.4. The van der Waals surface area contributed by atoms with Gasteiger partial charge in [-0.15, -0.1) is 0 Å². The first-order chi connectivity index (χ1) is 20.3. The Morgan fingerprint density at radius 2 is 1.77 bits per heavy atom. The molecule has 0 spiro atoms. The fraction of sp³-hybridized carbons (Fsp3) is 0.581. The minimum atomic E-state index is -4.60. The number of rotatable bonds is 14. The van der Waals surface area contributed by atoms with E-state index in [2.05, 4.69) is 5.32 Å². The van der Waals surface area contributed by atoms with E-state index in [0.29, 0.717) is 37.3 Å². The first kappa shape index (κ1) is 33.2. The van der Waals surface area contributed by atoms with E-state index in [1.165, 1.54) is 31.4 Å². The second kappa shape index (κ2) is 13.5. The van der Waals surface area contributed by atoms with Gasteiger partial charge in [0.25, 0.3) is 0 Å². The summed E-state index contributed by atoms with van der Waals surface area (Å²) in [7, 11) is -3.13. The lowest BCUT2D eigenvalue weighted by molar-refractivity contribution is -0.0907. The van der Waals surface area contributed by atoms with Gasteiger partial charge in [-0.05, 0) is 73.9 Å². The van der Waals surface area contributed by atoms with E-state index in [4.69, 9.17) is 30.4 Å². The van der Waals surface area contributed by atoms with Gasteiger partial charge in [-0.25, -0.2) is 13.2 Å². The van der Waals surface area contributed by atoms with Crippen molar-refractivity contribution >= 4 is 15.9 Å². The third-order valence-corrected chi connectivity index (χ3v) is 11.0. The Hall–Kier alpha value is -2.74. The number of hydrogen-bond donors (Lipinski definition) is 4. The molecule has 0 saturated carbocycles. The maximum absolute atomic E-state index is 14.5. The van der Waals surface area contributed by atoms with Crippen molar-refractivity contribution in [3.8, 4) is 5.75 Å². The monoisotopic (exact) mass is 619 g/mol. The van der Waals surface area contributed by atoms with E-state index in [1.54, 1.807) is 24.3 Å². The maximum Gasteiger partial charge on any atom is 0.409 e. The van der Waals surface area contributed by atoms with Gasteiger partial charge in [0.05, 0.1) is 31.1 Å². The summed E-state index contributed by atoms with van der Waals surface area (Å²) in [6.07, 6.45) is -0.0981. The van der Waals surface area contributed by atoms with Crippen molar-refractivity contribution in [2.24, 2.45) is 22.8 Å². The number of alkyl carbamates (subject to hydrolysis) is 1. The summed E-state index contributed by atoms with van der Waals surface area (Å²) in [6.45, 7) is 5.09. The Balaban J connectivity index is 1.74. The van der Waals surface area contributed by atoms with E-state index < -0.39 is 38.9 Å². The van der Waals surface area contributed by atoms with E-state index in [1.807, 2.05) is 19.9 Å². The number of aliphatic hydroxyl groups is 1. The number of carbonyl (C=O) groups excluding carboxylic acids is 1. The van der Waals surface area contributed by atoms with Crippen LogP contribution in [0.5, 0.6) is 5.75 Å². The van der Waals surface area contributed by atoms with Crippen molar-refractivity contribution in [1.82, 2.24) is 5.32 Å². The second-order valence-corrected chi connectivity index (χ2v) is 14.4. The quantitative estimate of drug-likeness (QED) is 0.230. The van der Waals surface area contributed by atoms with Crippen molar-refractivity contribution in [2.45, 2.75) is 80.3 Å². The zero-order valence-electron chi connectivity index (χ0n) is 25.2. The Bertz CT molecular complexity index is 1320. The summed E-state index contributed by atoms with van der Waals surface area (Å²) in [5.74, 6) is 0.306. The average molecular weight is 620 g/mol. The number of fused-ring (bicyclic) bond motifs is 1. The molecule has 2 heterocycles. The fourth-order valence-corrected chi connectivity index (χ4v) is 7.71. The maximum atomic E-state index is 14.5. The van der Waals surface area contributed by atoms with Crippen LogP contribution < -0.4 is 21.5 Å². The van der Waals surface area contributed by atoms with Gasteiger partial charge in [0.1, 0.15) is 17.5 Å². The molecule has 1 amide bonds. The molecule has 2 aliphatic heterocycles. The van der Waals surface area contributed by atoms with Crippen LogP contribution in [0.3, 0.4) is 0 Å². The molecule has 2 fully saturated rings. The van der Waals surface area contributed by atoms with Crippen LogP contribution >= 0.6 is 0 Å². The number of sulfone groups is 1. The molecule has 0 aliphatic carbocycles. The van der Waals surface area contributed by atoms with Gasteiger partial charge in [-0.1, -0.05) is 44.2 Å². The highest BCUT2D eigenvalue weighted by atomic mass is 32.2. The molecule has 2 saturated heterocycles. The number of benzene rings is 2. The molecule has 238 valence electrons. The van der Waals surface area contributed by atoms with Crippen molar-refractivity contribution < 1.29 is 37.3 Å². The molecule has 11 nitrogen and oxygen atoms in total. The number of hydrogen-bond acceptors (Lipinski definition) is 10. The summed E-state index contributed by atoms with van der Waals surface area (Å²) in [6, 6.07) is 14.6. The van der Waals surface area contributed by atoms with Crippen LogP contribution in [0, 0.1) is 11.3 Å². The second-order valence-electron chi connectivity index (χ2n) is 12.2. The highest BCUT2D eigenvalue weighted by Crippen LogP contribution is 2.41. The predicted molar refractivity (Wildman–Crippen MR) is 161 cm³/mol. The van der Waals surface area contributed by atoms with E-state index in [0.717, 1.165) is 6.42 Å². The average Bonchev–Trinajstić information content (AvgIpc) is 3.60. The number of ether oxygens (including phenoxy) is 4. The molecule has 2 aromatic rings. The normalized spacial score (nSPS) is 23.2. The molecule has 0 radical (unpaired) electrons. The molecule has 43 heavy (non-hydrogen) atoms. The van der Waals surface area contributed by atoms with Crippen LogP contribution in [0.25, 0.3) is 0 Å². The third kappa shape index (κ3) is 7.33. The molecule has 4 rings (SSSR count). The van der Waals surface area contributed by atoms with Crippen molar-refractivity contribution in [3.63, 3.8) is 0 Å². The molecule has 2 aromatic carbocycles. The predicted octanol–water partition coefficient (Wildman–Crippen LogP) is 3.09. The van der Waals surface area contributed by atoms with Crippen LogP contribution in [0.2, 0.25) is 0 Å². The molecule has 0 unspecified atom stereocenters. The van der Waals surface area contributed by atoms with Crippen molar-refractivity contribution in [2.75, 3.05) is 26.9 Å². The fourth-order valence-electron chi connectivity index (χ4n) is 5.85. The highest BCUT2D eigenvalue weighted by molar-refractivity contribution is 7.92. The minimum absolute atomic E-state index is 0.141. The number of amides is 1. The number of methoxy groups -OCH3 is 1. The molecule has 2 aliphatic rings. The molecule has 5 atom stereocenters. The summed E-state index contributed by atoms with van der Waals surface area (Å²) < 4.78 is 51.0. The van der Waals surface area contributed by atoms with E-state index >= 15 is 0 Å². The van der Waals surface area contributed by atoms with Crippen molar-refractivity contribution in [3.05, 3.63) is 60.2 Å². The standard InChI is InChI=1S/C31H45N3O8S/c1-29(2,15-7-18-32)16-17-31(36,43(37,38)24-12-10-23(39-3)11-13-24)30(33,20-22-8-5-4-6-9-22)34-28(35)42-26-21-41-27-25(26)14-19-40-27/h4-6,8-13,25-27,36H,7,14-21,32-33H2,1-3H3,(H,34,35)/t25-,26-,27+,30-,31+/m0/s1. The van der Waals surface area contributed by atoms with Crippen molar-refractivity contribution in [1.29, 1.82) is 0 Å². The largest absolute Gasteiger partial charge is 0.497 e. The van der Waals surface area contributed by atoms with Crippen LogP contribution in [0.1, 0.15) is 51.5 Å². The summed E-state index contributed by atoms with van der Waals surface area (Å²) >= 11 is 0. The molecule has 6 N–H and O–H groups in total. The van der Waals surface area contributed by atoms with Gasteiger partial charge in [0.15, 0.2) is 6.29 Å². The highest BCUT2D eigenvalue weighted by Gasteiger charge is 2.59.